The van der Waals surface area contributed by atoms with Crippen LogP contribution in [0.25, 0.3) is 0 Å². The zero-order valence-electron chi connectivity index (χ0n) is 64.7. The lowest BCUT2D eigenvalue weighted by atomic mass is 10.0. The van der Waals surface area contributed by atoms with E-state index in [2.05, 4.69) is 74.3 Å². The van der Waals surface area contributed by atoms with Gasteiger partial charge in [-0.2, -0.15) is 0 Å². The summed E-state index contributed by atoms with van der Waals surface area (Å²) in [5.74, 6) is 3.82. The van der Waals surface area contributed by atoms with Crippen molar-refractivity contribution in [1.29, 1.82) is 0 Å². The van der Waals surface area contributed by atoms with Gasteiger partial charge in [0.05, 0.1) is 0 Å². The summed E-state index contributed by atoms with van der Waals surface area (Å²) < 4.78 is 0. The van der Waals surface area contributed by atoms with Crippen LogP contribution < -0.4 is 0 Å². The molecule has 0 nitrogen and oxygen atoms in total. The minimum Gasteiger partial charge on any atom is -0.125 e. The third kappa shape index (κ3) is 73.3. The van der Waals surface area contributed by atoms with Crippen LogP contribution in [0.4, 0.5) is 0 Å². The molecule has 0 atom stereocenters. The molecule has 0 amide bonds. The van der Waals surface area contributed by atoms with E-state index in [9.17, 15) is 0 Å². The van der Waals surface area contributed by atoms with Gasteiger partial charge in [-0.05, 0) is 54.7 Å². The highest BCUT2D eigenvalue weighted by Gasteiger charge is 2.12. The van der Waals surface area contributed by atoms with Crippen molar-refractivity contribution in [1.82, 2.24) is 0 Å². The van der Waals surface area contributed by atoms with Crippen molar-refractivity contribution in [3.05, 3.63) is 18.2 Å². The van der Waals surface area contributed by atoms with Crippen LogP contribution in [0.3, 0.4) is 0 Å². The molecule has 0 unspecified atom stereocenters. The Morgan fingerprint density at radius 3 is 0.419 bits per heavy atom. The monoisotopic (exact) mass is 1350 g/mol. The van der Waals surface area contributed by atoms with Gasteiger partial charge < -0.3 is 0 Å². The lowest BCUT2D eigenvalue weighted by Gasteiger charge is -2.14. The molecule has 0 fully saturated rings. The summed E-state index contributed by atoms with van der Waals surface area (Å²) in [6.07, 6.45) is 114. The van der Waals surface area contributed by atoms with Crippen LogP contribution in [0.1, 0.15) is 522 Å². The molecule has 0 bridgehead atoms. The van der Waals surface area contributed by atoms with Gasteiger partial charge in [-0.1, -0.05) is 502 Å². The first-order valence-corrected chi connectivity index (χ1v) is 47.2. The molecule has 0 saturated carbocycles. The van der Waals surface area contributed by atoms with E-state index < -0.39 is 0 Å². The molecule has 0 heterocycles. The normalized spacial score (nSPS) is 11.8. The molecule has 0 aromatic heterocycles. The standard InChI is InChI=1S/C90H173S3/c1-4-7-10-13-16-19-22-25-28-31-34-37-40-43-46-49-52-55-58-61-64-67-70-73-76-79-85-91-88-83-82-84-89(92-86-80-77-74-71-68-65-62-59-56-53-50-47-44-41-38-35-32-29-26-23-20-17-14-11-8-5-2)90(88)93-87-81-78-75-72-69-66-63-60-57-54-51-48-45-42-39-36-33-30-27-24-21-18-15-12-9-6-3/h83-84H,4-81,85-87H2,1-3H3. The number of hydrogen-bond acceptors (Lipinski definition) is 3. The molecule has 1 rings (SSSR count). The fraction of sp³-hybridized carbons (Fsp3) is 0.933. The van der Waals surface area contributed by atoms with Gasteiger partial charge in [-0.15, -0.1) is 35.3 Å². The Morgan fingerprint density at radius 1 is 0.161 bits per heavy atom. The number of hydrogen-bond donors (Lipinski definition) is 0. The highest BCUT2D eigenvalue weighted by atomic mass is 32.2. The van der Waals surface area contributed by atoms with Gasteiger partial charge in [0.15, 0.2) is 0 Å². The smallest absolute Gasteiger partial charge is 0.0345 e. The predicted molar refractivity (Wildman–Crippen MR) is 435 cm³/mol. The molecule has 0 spiro atoms. The van der Waals surface area contributed by atoms with E-state index in [4.69, 9.17) is 0 Å². The van der Waals surface area contributed by atoms with Gasteiger partial charge in [0, 0.05) is 14.7 Å². The SMILES string of the molecule is CCCCCCCCCCCCCCCCCCCCCCCCCCCCSc1c[c]cc(SCCCCCCCCCCCCCCCCCCCCCCCCCCCC)c1SCCCCCCCCCCCCCCCCCCCCCCCCCCCC. The van der Waals surface area contributed by atoms with E-state index in [0.29, 0.717) is 0 Å². The fourth-order valence-corrected chi connectivity index (χ4v) is 18.2. The van der Waals surface area contributed by atoms with Crippen LogP contribution in [0.15, 0.2) is 26.8 Å². The predicted octanol–water partition coefficient (Wildman–Crippen LogP) is 35.3. The third-order valence-corrected chi connectivity index (χ3v) is 24.9. The number of unbranched alkanes of at least 4 members (excludes halogenated alkanes) is 75. The lowest BCUT2D eigenvalue weighted by molar-refractivity contribution is 0.516. The second kappa shape index (κ2) is 82.9. The zero-order chi connectivity index (χ0) is 66.3. The summed E-state index contributed by atoms with van der Waals surface area (Å²) in [5.41, 5.74) is 0. The Kier molecular flexibility index (Phi) is 81.4. The number of thioether (sulfide) groups is 3. The van der Waals surface area contributed by atoms with Crippen molar-refractivity contribution in [3.8, 4) is 0 Å². The van der Waals surface area contributed by atoms with Crippen LogP contribution in [0.2, 0.25) is 0 Å². The summed E-state index contributed by atoms with van der Waals surface area (Å²) in [5, 5.41) is 0. The van der Waals surface area contributed by atoms with Gasteiger partial charge in [-0.25, -0.2) is 0 Å². The van der Waals surface area contributed by atoms with E-state index in [1.54, 1.807) is 4.90 Å². The van der Waals surface area contributed by atoms with Crippen LogP contribution in [-0.4, -0.2) is 17.3 Å². The Bertz CT molecular complexity index is 1400. The van der Waals surface area contributed by atoms with E-state index >= 15 is 0 Å². The Hall–Kier alpha value is 0.270. The molecule has 1 radical (unpaired) electrons. The fourth-order valence-electron chi connectivity index (χ4n) is 14.6. The molecule has 0 saturated heterocycles. The Labute approximate surface area is 602 Å². The van der Waals surface area contributed by atoms with Crippen LogP contribution in [0, 0.1) is 6.07 Å². The first-order valence-electron chi connectivity index (χ1n) is 44.3. The van der Waals surface area contributed by atoms with Gasteiger partial charge in [0.1, 0.15) is 0 Å². The summed E-state index contributed by atoms with van der Waals surface area (Å²) >= 11 is 6.50. The van der Waals surface area contributed by atoms with E-state index in [0.717, 1.165) is 0 Å². The molecule has 0 aliphatic carbocycles. The Balaban J connectivity index is 2.21. The maximum absolute atomic E-state index is 3.63. The third-order valence-electron chi connectivity index (χ3n) is 21.1. The summed E-state index contributed by atoms with van der Waals surface area (Å²) in [7, 11) is 0. The van der Waals surface area contributed by atoms with Gasteiger partial charge in [-0.3, -0.25) is 0 Å². The van der Waals surface area contributed by atoms with Crippen molar-refractivity contribution in [2.75, 3.05) is 17.3 Å². The molecular formula is C90H173S3. The summed E-state index contributed by atoms with van der Waals surface area (Å²) in [6, 6.07) is 8.32. The minimum atomic E-state index is 1.27. The average molecular weight is 1350 g/mol. The van der Waals surface area contributed by atoms with E-state index in [-0.39, 0.29) is 0 Å². The largest absolute Gasteiger partial charge is 0.125 e. The molecule has 1 aromatic carbocycles. The first-order chi connectivity index (χ1) is 46.3. The van der Waals surface area contributed by atoms with Gasteiger partial charge in [0.25, 0.3) is 0 Å². The lowest BCUT2D eigenvalue weighted by Crippen LogP contribution is -1.91. The second-order valence-corrected chi connectivity index (χ2v) is 34.0. The zero-order valence-corrected chi connectivity index (χ0v) is 67.1. The van der Waals surface area contributed by atoms with Gasteiger partial charge in [0.2, 0.25) is 0 Å². The maximum atomic E-state index is 3.63. The highest BCUT2D eigenvalue weighted by molar-refractivity contribution is 8.03. The molecule has 0 aliphatic heterocycles. The number of rotatable bonds is 84. The van der Waals surface area contributed by atoms with Crippen molar-refractivity contribution in [2.45, 2.75) is 536 Å². The van der Waals surface area contributed by atoms with Crippen molar-refractivity contribution < 1.29 is 0 Å². The Morgan fingerprint density at radius 2 is 0.280 bits per heavy atom. The topological polar surface area (TPSA) is 0 Å². The molecule has 3 heteroatoms. The second-order valence-electron chi connectivity index (χ2n) is 30.6. The number of benzene rings is 1. The molecule has 0 N–H and O–H groups in total. The highest BCUT2D eigenvalue weighted by Crippen LogP contribution is 2.40. The molecule has 1 aromatic rings. The molecule has 93 heavy (non-hydrogen) atoms. The average Bonchev–Trinajstić information content (AvgIpc) is 3.10. The van der Waals surface area contributed by atoms with E-state index in [1.165, 1.54) is 528 Å². The van der Waals surface area contributed by atoms with Crippen LogP contribution in [0.5, 0.6) is 0 Å². The summed E-state index contributed by atoms with van der Waals surface area (Å²) in [6.45, 7) is 6.96. The summed E-state index contributed by atoms with van der Waals surface area (Å²) in [4.78, 5) is 4.67. The van der Waals surface area contributed by atoms with Crippen molar-refractivity contribution in [2.24, 2.45) is 0 Å². The molecule has 0 aliphatic rings. The van der Waals surface area contributed by atoms with E-state index in [1.807, 2.05) is 0 Å². The van der Waals surface area contributed by atoms with Gasteiger partial charge >= 0.3 is 0 Å². The minimum absolute atomic E-state index is 1.27. The first kappa shape index (κ1) is 91.3. The maximum Gasteiger partial charge on any atom is 0.0345 e. The molecular weight excluding hydrogens is 1180 g/mol. The van der Waals surface area contributed by atoms with Crippen molar-refractivity contribution >= 4 is 35.3 Å². The van der Waals surface area contributed by atoms with Crippen molar-refractivity contribution in [3.63, 3.8) is 0 Å². The quantitative estimate of drug-likeness (QED) is 0.0471. The van der Waals surface area contributed by atoms with Crippen LogP contribution >= 0.6 is 35.3 Å². The molecule has 551 valence electrons. The van der Waals surface area contributed by atoms with Crippen LogP contribution in [-0.2, 0) is 0 Å².